The summed E-state index contributed by atoms with van der Waals surface area (Å²) in [6.07, 6.45) is -3.37. The van der Waals surface area contributed by atoms with Crippen LogP contribution in [0.4, 0.5) is 19.1 Å². The van der Waals surface area contributed by atoms with E-state index in [1.807, 2.05) is 0 Å². The number of nitrogens with zero attached hydrogens (tertiary/aromatic N) is 2. The Kier molecular flexibility index (Phi) is 5.93. The molecular weight excluding hydrogens is 315 g/mol. The second kappa shape index (κ2) is 7.05. The Morgan fingerprint density at radius 1 is 1.43 bits per heavy atom. The van der Waals surface area contributed by atoms with E-state index in [0.29, 0.717) is 26.1 Å². The first kappa shape index (κ1) is 17.7. The number of carbonyl (C=O) groups excluding carboxylic acids is 1. The van der Waals surface area contributed by atoms with Gasteiger partial charge < -0.3 is 10.5 Å². The average molecular weight is 330 g/mol. The molecule has 2 heterocycles. The Hall–Kier alpha value is -1.39. The van der Waals surface area contributed by atoms with E-state index in [4.69, 9.17) is 10.5 Å². The van der Waals surface area contributed by atoms with Gasteiger partial charge in [0.1, 0.15) is 0 Å². The van der Waals surface area contributed by atoms with Crippen LogP contribution < -0.4 is 11.1 Å². The summed E-state index contributed by atoms with van der Waals surface area (Å²) in [5.41, 5.74) is 5.78. The number of alkyl halides is 3. The summed E-state index contributed by atoms with van der Waals surface area (Å²) in [4.78, 5) is 15.0. The number of aromatic amines is 1. The highest BCUT2D eigenvalue weighted by Gasteiger charge is 2.35. The van der Waals surface area contributed by atoms with Crippen LogP contribution in [0.15, 0.2) is 0 Å². The minimum absolute atomic E-state index is 0. The normalized spacial score (nSPS) is 17.9. The van der Waals surface area contributed by atoms with Crippen molar-refractivity contribution in [2.45, 2.75) is 25.1 Å². The molecule has 1 aromatic heterocycles. The largest absolute Gasteiger partial charge is 0.451 e. The third-order valence-electron chi connectivity index (χ3n) is 3.07. The van der Waals surface area contributed by atoms with Gasteiger partial charge in [0.05, 0.1) is 6.04 Å². The van der Waals surface area contributed by atoms with E-state index in [-0.39, 0.29) is 18.3 Å². The van der Waals surface area contributed by atoms with Gasteiger partial charge in [0.25, 0.3) is 0 Å². The first-order chi connectivity index (χ1) is 9.38. The Labute approximate surface area is 124 Å². The third kappa shape index (κ3) is 4.55. The van der Waals surface area contributed by atoms with E-state index in [2.05, 4.69) is 15.4 Å². The molecule has 2 rings (SSSR count). The maximum atomic E-state index is 12.3. The Bertz CT molecular complexity index is 476. The van der Waals surface area contributed by atoms with Gasteiger partial charge in [-0.3, -0.25) is 15.2 Å². The average Bonchev–Trinajstić information content (AvgIpc) is 2.87. The van der Waals surface area contributed by atoms with Crippen molar-refractivity contribution < 1.29 is 22.7 Å². The maximum Gasteiger partial charge on any atom is 0.451 e. The number of H-pyrrole nitrogens is 1. The van der Waals surface area contributed by atoms with Crippen molar-refractivity contribution >= 4 is 24.3 Å². The lowest BCUT2D eigenvalue weighted by molar-refractivity contribution is -0.144. The number of hydrogen-bond donors (Lipinski definition) is 3. The first-order valence-electron chi connectivity index (χ1n) is 6.01. The molecule has 11 heteroatoms. The Morgan fingerprint density at radius 3 is 2.57 bits per heavy atom. The molecule has 7 nitrogen and oxygen atoms in total. The van der Waals surface area contributed by atoms with Gasteiger partial charge in [0, 0.05) is 13.2 Å². The van der Waals surface area contributed by atoms with Crippen LogP contribution in [0, 0.1) is 5.92 Å². The van der Waals surface area contributed by atoms with Crippen molar-refractivity contribution in [1.29, 1.82) is 0 Å². The highest BCUT2D eigenvalue weighted by Crippen LogP contribution is 2.26. The molecule has 1 atom stereocenters. The fourth-order valence-corrected chi connectivity index (χ4v) is 1.93. The van der Waals surface area contributed by atoms with E-state index in [0.717, 1.165) is 0 Å². The summed E-state index contributed by atoms with van der Waals surface area (Å²) >= 11 is 0. The molecular formula is C10H15ClF3N5O2. The molecule has 1 amide bonds. The molecule has 21 heavy (non-hydrogen) atoms. The summed E-state index contributed by atoms with van der Waals surface area (Å²) in [5.74, 6) is -2.38. The van der Waals surface area contributed by atoms with Crippen molar-refractivity contribution in [3.8, 4) is 0 Å². The topological polar surface area (TPSA) is 106 Å². The molecule has 1 saturated heterocycles. The molecule has 0 bridgehead atoms. The number of amides is 1. The number of anilines is 1. The van der Waals surface area contributed by atoms with Crippen LogP contribution in [0.5, 0.6) is 0 Å². The molecule has 1 aliphatic rings. The van der Waals surface area contributed by atoms with Gasteiger partial charge in [-0.2, -0.15) is 18.2 Å². The molecule has 1 fully saturated rings. The van der Waals surface area contributed by atoms with Crippen molar-refractivity contribution in [3.63, 3.8) is 0 Å². The zero-order chi connectivity index (χ0) is 14.8. The zero-order valence-corrected chi connectivity index (χ0v) is 11.6. The molecule has 120 valence electrons. The number of aromatic nitrogens is 3. The van der Waals surface area contributed by atoms with E-state index >= 15 is 0 Å². The quantitative estimate of drug-likeness (QED) is 0.765. The minimum Gasteiger partial charge on any atom is -0.381 e. The van der Waals surface area contributed by atoms with Crippen LogP contribution in [0.3, 0.4) is 0 Å². The van der Waals surface area contributed by atoms with Crippen molar-refractivity contribution in [2.24, 2.45) is 11.7 Å². The fraction of sp³-hybridized carbons (Fsp3) is 0.700. The number of ether oxygens (including phenoxy) is 1. The number of carbonyl (C=O) groups is 1. The molecule has 0 radical (unpaired) electrons. The lowest BCUT2D eigenvalue weighted by Crippen LogP contribution is -2.44. The van der Waals surface area contributed by atoms with Crippen LogP contribution in [-0.4, -0.2) is 40.3 Å². The molecule has 0 spiro atoms. The summed E-state index contributed by atoms with van der Waals surface area (Å²) in [6.45, 7) is 1.04. The second-order valence-electron chi connectivity index (χ2n) is 4.47. The monoisotopic (exact) mass is 329 g/mol. The van der Waals surface area contributed by atoms with Crippen LogP contribution >= 0.6 is 12.4 Å². The van der Waals surface area contributed by atoms with Crippen LogP contribution in [0.1, 0.15) is 18.7 Å². The van der Waals surface area contributed by atoms with Gasteiger partial charge in [-0.25, -0.2) is 0 Å². The predicted molar refractivity (Wildman–Crippen MR) is 68.8 cm³/mol. The van der Waals surface area contributed by atoms with E-state index in [1.54, 1.807) is 5.10 Å². The molecule has 1 unspecified atom stereocenters. The number of nitrogens with two attached hydrogens (primary N) is 1. The van der Waals surface area contributed by atoms with Gasteiger partial charge >= 0.3 is 6.18 Å². The number of halogens is 4. The van der Waals surface area contributed by atoms with E-state index < -0.39 is 29.9 Å². The number of nitrogens with one attached hydrogen (secondary N) is 2. The Morgan fingerprint density at radius 2 is 2.05 bits per heavy atom. The highest BCUT2D eigenvalue weighted by molar-refractivity contribution is 5.93. The van der Waals surface area contributed by atoms with Crippen LogP contribution in [-0.2, 0) is 15.7 Å². The van der Waals surface area contributed by atoms with Gasteiger partial charge in [-0.05, 0) is 18.8 Å². The smallest absolute Gasteiger partial charge is 0.381 e. The summed E-state index contributed by atoms with van der Waals surface area (Å²) in [5, 5.41) is 7.16. The van der Waals surface area contributed by atoms with Crippen LogP contribution in [0.2, 0.25) is 0 Å². The van der Waals surface area contributed by atoms with Crippen molar-refractivity contribution in [3.05, 3.63) is 5.82 Å². The fourth-order valence-electron chi connectivity index (χ4n) is 1.93. The maximum absolute atomic E-state index is 12.3. The summed E-state index contributed by atoms with van der Waals surface area (Å²) in [6, 6.07) is -0.827. The lowest BCUT2D eigenvalue weighted by atomic mass is 9.92. The highest BCUT2D eigenvalue weighted by atomic mass is 35.5. The summed E-state index contributed by atoms with van der Waals surface area (Å²) < 4.78 is 42.1. The van der Waals surface area contributed by atoms with Crippen molar-refractivity contribution in [1.82, 2.24) is 15.2 Å². The lowest BCUT2D eigenvalue weighted by Gasteiger charge is -2.26. The van der Waals surface area contributed by atoms with Crippen molar-refractivity contribution in [2.75, 3.05) is 18.5 Å². The second-order valence-corrected chi connectivity index (χ2v) is 4.47. The van der Waals surface area contributed by atoms with E-state index in [9.17, 15) is 18.0 Å². The predicted octanol–water partition coefficient (Wildman–Crippen LogP) is 0.938. The number of hydrogen-bond acceptors (Lipinski definition) is 5. The molecule has 0 aromatic carbocycles. The van der Waals surface area contributed by atoms with Gasteiger partial charge in [0.2, 0.25) is 17.7 Å². The van der Waals surface area contributed by atoms with E-state index in [1.165, 1.54) is 0 Å². The summed E-state index contributed by atoms with van der Waals surface area (Å²) in [7, 11) is 0. The SMILES string of the molecule is Cl.NC(C(=O)Nc1n[nH]c(C(F)(F)F)n1)C1CCOCC1. The first-order valence-corrected chi connectivity index (χ1v) is 6.01. The molecule has 0 aliphatic carbocycles. The van der Waals surface area contributed by atoms with Gasteiger partial charge in [-0.1, -0.05) is 0 Å². The Balaban J connectivity index is 0.00000220. The third-order valence-corrected chi connectivity index (χ3v) is 3.07. The number of rotatable bonds is 3. The molecule has 0 saturated carbocycles. The minimum atomic E-state index is -4.64. The standard InChI is InChI=1S/C10H14F3N5O2.ClH/c11-10(12,13)8-16-9(18-17-8)15-7(19)6(14)5-1-3-20-4-2-5;/h5-6H,1-4,14H2,(H2,15,16,17,18,19);1H. The van der Waals surface area contributed by atoms with Gasteiger partial charge in [0.15, 0.2) is 0 Å². The van der Waals surface area contributed by atoms with Gasteiger partial charge in [-0.15, -0.1) is 17.5 Å². The molecule has 1 aromatic rings. The molecule has 1 aliphatic heterocycles. The van der Waals surface area contributed by atoms with Crippen LogP contribution in [0.25, 0.3) is 0 Å². The molecule has 4 N–H and O–H groups in total. The zero-order valence-electron chi connectivity index (χ0n) is 10.8.